The number of hydrogen-bond donors (Lipinski definition) is 1. The summed E-state index contributed by atoms with van der Waals surface area (Å²) >= 11 is 1.57. The number of anilines is 1. The van der Waals surface area contributed by atoms with E-state index in [4.69, 9.17) is 5.73 Å². The third-order valence-corrected chi connectivity index (χ3v) is 6.84. The van der Waals surface area contributed by atoms with E-state index in [1.165, 1.54) is 11.6 Å². The highest BCUT2D eigenvalue weighted by Gasteiger charge is 2.29. The fourth-order valence-corrected chi connectivity index (χ4v) is 5.86. The van der Waals surface area contributed by atoms with Crippen LogP contribution in [0.2, 0.25) is 0 Å². The smallest absolute Gasteiger partial charge is 0.181 e. The van der Waals surface area contributed by atoms with Gasteiger partial charge in [-0.3, -0.25) is 0 Å². The molecule has 0 aliphatic carbocycles. The van der Waals surface area contributed by atoms with Gasteiger partial charge in [-0.2, -0.15) is 0 Å². The van der Waals surface area contributed by atoms with Crippen LogP contribution >= 0.6 is 11.8 Å². The summed E-state index contributed by atoms with van der Waals surface area (Å²) in [6.07, 6.45) is 0.723. The zero-order chi connectivity index (χ0) is 15.0. The molecule has 110 valence electrons. The highest BCUT2D eigenvalue weighted by Crippen LogP contribution is 2.38. The second-order valence-corrected chi connectivity index (χ2v) is 8.36. The second kappa shape index (κ2) is 5.35. The molecule has 0 fully saturated rings. The summed E-state index contributed by atoms with van der Waals surface area (Å²) in [5.74, 6) is -0.531. The lowest BCUT2D eigenvalue weighted by atomic mass is 10.1. The fourth-order valence-electron chi connectivity index (χ4n) is 2.48. The van der Waals surface area contributed by atoms with Gasteiger partial charge in [0.1, 0.15) is 5.82 Å². The van der Waals surface area contributed by atoms with Gasteiger partial charge in [0.15, 0.2) is 9.84 Å². The zero-order valence-electron chi connectivity index (χ0n) is 11.1. The van der Waals surface area contributed by atoms with Crippen molar-refractivity contribution in [2.75, 3.05) is 11.5 Å². The van der Waals surface area contributed by atoms with Crippen molar-refractivity contribution in [3.63, 3.8) is 0 Å². The molecule has 1 aliphatic heterocycles. The quantitative estimate of drug-likeness (QED) is 0.697. The maximum atomic E-state index is 13.0. The summed E-state index contributed by atoms with van der Waals surface area (Å²) in [7, 11) is -3.52. The Morgan fingerprint density at radius 1 is 1.24 bits per heavy atom. The lowest BCUT2D eigenvalue weighted by Gasteiger charge is -2.11. The Hall–Kier alpha value is -1.53. The second-order valence-electron chi connectivity index (χ2n) is 5.02. The maximum Gasteiger partial charge on any atom is 0.181 e. The third kappa shape index (κ3) is 2.91. The van der Waals surface area contributed by atoms with Gasteiger partial charge in [-0.05, 0) is 36.2 Å². The number of nitrogens with two attached hydrogens (primary N) is 1. The van der Waals surface area contributed by atoms with Crippen molar-refractivity contribution in [1.29, 1.82) is 0 Å². The number of rotatable bonds is 3. The van der Waals surface area contributed by atoms with Gasteiger partial charge in [0, 0.05) is 10.1 Å². The monoisotopic (exact) mass is 323 g/mol. The van der Waals surface area contributed by atoms with Gasteiger partial charge in [-0.15, -0.1) is 11.8 Å². The Labute approximate surface area is 127 Å². The van der Waals surface area contributed by atoms with Crippen LogP contribution in [0.3, 0.4) is 0 Å². The van der Waals surface area contributed by atoms with Crippen LogP contribution in [0.4, 0.5) is 10.1 Å². The van der Waals surface area contributed by atoms with Crippen LogP contribution < -0.4 is 5.73 Å². The van der Waals surface area contributed by atoms with E-state index in [0.29, 0.717) is 0 Å². The minimum absolute atomic E-state index is 0.00216. The van der Waals surface area contributed by atoms with Crippen molar-refractivity contribution in [3.05, 3.63) is 53.8 Å². The molecule has 3 rings (SSSR count). The molecule has 0 radical (unpaired) electrons. The van der Waals surface area contributed by atoms with E-state index in [9.17, 15) is 12.8 Å². The Bertz CT molecular complexity index is 765. The zero-order valence-corrected chi connectivity index (χ0v) is 12.8. The van der Waals surface area contributed by atoms with Crippen LogP contribution in [0.5, 0.6) is 0 Å². The molecule has 0 aromatic heterocycles. The minimum Gasteiger partial charge on any atom is -0.398 e. The largest absolute Gasteiger partial charge is 0.398 e. The average molecular weight is 323 g/mol. The number of hydrogen-bond acceptors (Lipinski definition) is 4. The molecule has 2 N–H and O–H groups in total. The first-order chi connectivity index (χ1) is 9.95. The normalized spacial score (nSPS) is 17.7. The number of halogens is 1. The predicted molar refractivity (Wildman–Crippen MR) is 82.7 cm³/mol. The van der Waals surface area contributed by atoms with E-state index in [-0.39, 0.29) is 21.6 Å². The summed E-state index contributed by atoms with van der Waals surface area (Å²) in [4.78, 5) is 1.14. The molecule has 6 heteroatoms. The summed E-state index contributed by atoms with van der Waals surface area (Å²) in [6.45, 7) is 0. The van der Waals surface area contributed by atoms with Crippen molar-refractivity contribution in [2.24, 2.45) is 0 Å². The lowest BCUT2D eigenvalue weighted by molar-refractivity contribution is 0.593. The standard InChI is InChI=1S/C15H14FNO2S2/c16-11-5-6-15(13(17)8-11)21(18,19)9-12-7-10-3-1-2-4-14(10)20-12/h1-6,8,12H,7,9,17H2. The molecule has 0 bridgehead atoms. The summed E-state index contributed by atoms with van der Waals surface area (Å²) in [5.41, 5.74) is 6.78. The molecule has 0 saturated carbocycles. The Balaban J connectivity index is 1.82. The van der Waals surface area contributed by atoms with Crippen LogP contribution in [0.1, 0.15) is 5.56 Å². The SMILES string of the molecule is Nc1cc(F)ccc1S(=O)(=O)CC1Cc2ccccc2S1. The number of benzene rings is 2. The number of sulfone groups is 1. The first-order valence-electron chi connectivity index (χ1n) is 6.48. The molecule has 1 unspecified atom stereocenters. The Morgan fingerprint density at radius 2 is 2.00 bits per heavy atom. The van der Waals surface area contributed by atoms with Crippen molar-refractivity contribution < 1.29 is 12.8 Å². The summed E-state index contributed by atoms with van der Waals surface area (Å²) < 4.78 is 38.0. The van der Waals surface area contributed by atoms with E-state index in [0.717, 1.165) is 23.4 Å². The highest BCUT2D eigenvalue weighted by atomic mass is 32.2. The number of nitrogen functional groups attached to an aromatic ring is 1. The molecular weight excluding hydrogens is 309 g/mol. The van der Waals surface area contributed by atoms with Crippen LogP contribution in [-0.4, -0.2) is 19.4 Å². The van der Waals surface area contributed by atoms with Crippen molar-refractivity contribution in [3.8, 4) is 0 Å². The van der Waals surface area contributed by atoms with Gasteiger partial charge >= 0.3 is 0 Å². The van der Waals surface area contributed by atoms with E-state index >= 15 is 0 Å². The molecule has 1 aliphatic rings. The van der Waals surface area contributed by atoms with Gasteiger partial charge in [-0.1, -0.05) is 18.2 Å². The molecule has 2 aromatic rings. The first-order valence-corrected chi connectivity index (χ1v) is 9.01. The molecule has 3 nitrogen and oxygen atoms in total. The molecule has 0 spiro atoms. The van der Waals surface area contributed by atoms with E-state index < -0.39 is 15.7 Å². The Kier molecular flexibility index (Phi) is 3.67. The molecule has 1 heterocycles. The molecule has 2 aromatic carbocycles. The van der Waals surface area contributed by atoms with Crippen LogP contribution in [0.25, 0.3) is 0 Å². The minimum atomic E-state index is -3.52. The summed E-state index contributed by atoms with van der Waals surface area (Å²) in [6, 6.07) is 11.3. The molecule has 0 saturated heterocycles. The first kappa shape index (κ1) is 14.4. The third-order valence-electron chi connectivity index (χ3n) is 3.43. The van der Waals surface area contributed by atoms with Gasteiger partial charge in [-0.25, -0.2) is 12.8 Å². The number of thioether (sulfide) groups is 1. The molecule has 21 heavy (non-hydrogen) atoms. The van der Waals surface area contributed by atoms with Crippen LogP contribution in [-0.2, 0) is 16.3 Å². The van der Waals surface area contributed by atoms with Gasteiger partial charge in [0.2, 0.25) is 0 Å². The lowest BCUT2D eigenvalue weighted by Crippen LogP contribution is -2.19. The van der Waals surface area contributed by atoms with Crippen LogP contribution in [0.15, 0.2) is 52.3 Å². The van der Waals surface area contributed by atoms with Crippen LogP contribution in [0, 0.1) is 5.82 Å². The highest BCUT2D eigenvalue weighted by molar-refractivity contribution is 8.01. The molecule has 1 atom stereocenters. The van der Waals surface area contributed by atoms with Crippen molar-refractivity contribution in [2.45, 2.75) is 21.5 Å². The van der Waals surface area contributed by atoms with Gasteiger partial charge in [0.05, 0.1) is 16.3 Å². The van der Waals surface area contributed by atoms with E-state index in [2.05, 4.69) is 0 Å². The maximum absolute atomic E-state index is 13.0. The molecule has 0 amide bonds. The van der Waals surface area contributed by atoms with E-state index in [1.54, 1.807) is 11.8 Å². The Morgan fingerprint density at radius 3 is 2.71 bits per heavy atom. The van der Waals surface area contributed by atoms with E-state index in [1.807, 2.05) is 24.3 Å². The van der Waals surface area contributed by atoms with Crippen molar-refractivity contribution in [1.82, 2.24) is 0 Å². The average Bonchev–Trinajstić information content (AvgIpc) is 2.79. The predicted octanol–water partition coefficient (Wildman–Crippen LogP) is 2.90. The summed E-state index contributed by atoms with van der Waals surface area (Å²) in [5, 5.41) is -0.0307. The van der Waals surface area contributed by atoms with Gasteiger partial charge < -0.3 is 5.73 Å². The topological polar surface area (TPSA) is 60.2 Å². The number of fused-ring (bicyclic) bond motifs is 1. The van der Waals surface area contributed by atoms with Gasteiger partial charge in [0.25, 0.3) is 0 Å². The van der Waals surface area contributed by atoms with Crippen molar-refractivity contribution >= 4 is 27.3 Å². The molecular formula is C15H14FNO2S2. The fraction of sp³-hybridized carbons (Fsp3) is 0.200.